The minimum Gasteiger partial charge on any atom is -0.493 e. The van der Waals surface area contributed by atoms with Gasteiger partial charge in [-0.3, -0.25) is 0 Å². The summed E-state index contributed by atoms with van der Waals surface area (Å²) in [7, 11) is 1.58. The van der Waals surface area contributed by atoms with Crippen LogP contribution in [0.1, 0.15) is 22.3 Å². The number of benzene rings is 3. The van der Waals surface area contributed by atoms with Gasteiger partial charge in [-0.25, -0.2) is 10.2 Å². The van der Waals surface area contributed by atoms with Gasteiger partial charge in [0.2, 0.25) is 0 Å². The van der Waals surface area contributed by atoms with E-state index in [-0.39, 0.29) is 0 Å². The first-order chi connectivity index (χ1) is 15.0. The average Bonchev–Trinajstić information content (AvgIpc) is 2.76. The zero-order valence-corrected chi connectivity index (χ0v) is 19.2. The minimum absolute atomic E-state index is 0.424. The summed E-state index contributed by atoms with van der Waals surface area (Å²) in [5.41, 5.74) is 7.16. The van der Waals surface area contributed by atoms with E-state index in [0.717, 1.165) is 26.9 Å². The van der Waals surface area contributed by atoms with Crippen molar-refractivity contribution in [2.45, 2.75) is 20.5 Å². The first kappa shape index (κ1) is 22.4. The van der Waals surface area contributed by atoms with E-state index < -0.39 is 6.03 Å². The van der Waals surface area contributed by atoms with Crippen LogP contribution >= 0.6 is 15.9 Å². The molecule has 0 fully saturated rings. The average molecular weight is 482 g/mol. The van der Waals surface area contributed by atoms with Gasteiger partial charge in [0.1, 0.15) is 6.61 Å². The highest BCUT2D eigenvalue weighted by atomic mass is 79.9. The lowest BCUT2D eigenvalue weighted by atomic mass is 10.2. The molecular formula is C24H24BrN3O3. The Morgan fingerprint density at radius 1 is 1.06 bits per heavy atom. The molecule has 0 saturated heterocycles. The van der Waals surface area contributed by atoms with Crippen molar-refractivity contribution in [1.29, 1.82) is 0 Å². The van der Waals surface area contributed by atoms with Crippen LogP contribution in [-0.4, -0.2) is 19.4 Å². The molecule has 2 amide bonds. The van der Waals surface area contributed by atoms with E-state index in [0.29, 0.717) is 18.1 Å². The zero-order valence-electron chi connectivity index (χ0n) is 17.6. The number of urea groups is 1. The Morgan fingerprint density at radius 2 is 1.81 bits per heavy atom. The predicted molar refractivity (Wildman–Crippen MR) is 127 cm³/mol. The van der Waals surface area contributed by atoms with E-state index in [9.17, 15) is 4.79 Å². The second-order valence-corrected chi connectivity index (χ2v) is 7.79. The van der Waals surface area contributed by atoms with E-state index in [1.54, 1.807) is 13.2 Å². The Balaban J connectivity index is 1.64. The number of aryl methyl sites for hydroxylation is 2. The van der Waals surface area contributed by atoms with Gasteiger partial charge in [0.05, 0.1) is 13.3 Å². The summed E-state index contributed by atoms with van der Waals surface area (Å²) in [4.78, 5) is 12.1. The van der Waals surface area contributed by atoms with Crippen molar-refractivity contribution in [2.24, 2.45) is 5.10 Å². The molecule has 160 valence electrons. The van der Waals surface area contributed by atoms with Gasteiger partial charge in [-0.05, 0) is 59.1 Å². The van der Waals surface area contributed by atoms with Crippen LogP contribution in [0, 0.1) is 13.8 Å². The highest BCUT2D eigenvalue weighted by Crippen LogP contribution is 2.33. The van der Waals surface area contributed by atoms with Crippen molar-refractivity contribution < 1.29 is 14.3 Å². The van der Waals surface area contributed by atoms with Gasteiger partial charge in [-0.1, -0.05) is 48.0 Å². The molecule has 7 heteroatoms. The number of amides is 2. The molecule has 3 aromatic rings. The normalized spacial score (nSPS) is 10.7. The topological polar surface area (TPSA) is 72.0 Å². The fourth-order valence-electron chi connectivity index (χ4n) is 2.79. The Bertz CT molecular complexity index is 1080. The molecule has 0 saturated carbocycles. The van der Waals surface area contributed by atoms with Crippen LogP contribution in [-0.2, 0) is 6.61 Å². The standard InChI is InChI=1S/C24H24BrN3O3/c1-16-8-10-18(11-9-16)15-31-23-13-20(25)19(12-22(23)30-3)14-26-28-24(29)27-21-7-5-4-6-17(21)2/h4-14H,15H2,1-3H3,(H2,27,28,29). The molecule has 0 heterocycles. The maximum absolute atomic E-state index is 12.1. The molecule has 0 unspecified atom stereocenters. The molecule has 0 aromatic heterocycles. The second kappa shape index (κ2) is 10.6. The Hall–Kier alpha value is -3.32. The third-order valence-electron chi connectivity index (χ3n) is 4.56. The molecule has 31 heavy (non-hydrogen) atoms. The molecule has 0 aliphatic heterocycles. The Labute approximate surface area is 190 Å². The fourth-order valence-corrected chi connectivity index (χ4v) is 3.22. The van der Waals surface area contributed by atoms with E-state index in [2.05, 4.69) is 31.8 Å². The third kappa shape index (κ3) is 6.33. The number of halogens is 1. The lowest BCUT2D eigenvalue weighted by molar-refractivity contribution is 0.252. The monoisotopic (exact) mass is 481 g/mol. The van der Waals surface area contributed by atoms with Gasteiger partial charge >= 0.3 is 6.03 Å². The number of rotatable bonds is 7. The number of nitrogens with zero attached hydrogens (tertiary/aromatic N) is 1. The zero-order chi connectivity index (χ0) is 22.2. The summed E-state index contributed by atoms with van der Waals surface area (Å²) in [6, 6.07) is 18.9. The van der Waals surface area contributed by atoms with E-state index in [1.807, 2.05) is 68.4 Å². The summed E-state index contributed by atoms with van der Waals surface area (Å²) in [6.07, 6.45) is 1.54. The summed E-state index contributed by atoms with van der Waals surface area (Å²) < 4.78 is 12.2. The molecule has 0 aliphatic rings. The fraction of sp³-hybridized carbons (Fsp3) is 0.167. The quantitative estimate of drug-likeness (QED) is 0.330. The van der Waals surface area contributed by atoms with Gasteiger partial charge in [0.25, 0.3) is 0 Å². The lowest BCUT2D eigenvalue weighted by Gasteiger charge is -2.13. The number of carbonyl (C=O) groups excluding carboxylic acids is 1. The number of hydrogen-bond acceptors (Lipinski definition) is 4. The van der Waals surface area contributed by atoms with Crippen LogP contribution < -0.4 is 20.2 Å². The predicted octanol–water partition coefficient (Wildman–Crippen LogP) is 5.81. The number of nitrogens with one attached hydrogen (secondary N) is 2. The highest BCUT2D eigenvalue weighted by Gasteiger charge is 2.10. The molecule has 2 N–H and O–H groups in total. The number of carbonyl (C=O) groups is 1. The summed E-state index contributed by atoms with van der Waals surface area (Å²) >= 11 is 3.52. The third-order valence-corrected chi connectivity index (χ3v) is 5.25. The summed E-state index contributed by atoms with van der Waals surface area (Å²) in [6.45, 7) is 4.40. The van der Waals surface area contributed by atoms with Crippen molar-refractivity contribution in [2.75, 3.05) is 12.4 Å². The Kier molecular flexibility index (Phi) is 7.67. The largest absolute Gasteiger partial charge is 0.493 e. The van der Waals surface area contributed by atoms with Crippen molar-refractivity contribution in [1.82, 2.24) is 5.43 Å². The van der Waals surface area contributed by atoms with Gasteiger partial charge in [-0.15, -0.1) is 0 Å². The van der Waals surface area contributed by atoms with Crippen molar-refractivity contribution in [3.8, 4) is 11.5 Å². The van der Waals surface area contributed by atoms with E-state index in [1.165, 1.54) is 11.8 Å². The van der Waals surface area contributed by atoms with Crippen LogP contribution in [0.3, 0.4) is 0 Å². The second-order valence-electron chi connectivity index (χ2n) is 6.94. The van der Waals surface area contributed by atoms with Crippen LogP contribution in [0.4, 0.5) is 10.5 Å². The molecule has 0 aliphatic carbocycles. The molecule has 0 atom stereocenters. The van der Waals surface area contributed by atoms with Gasteiger partial charge in [0.15, 0.2) is 11.5 Å². The number of ether oxygens (including phenoxy) is 2. The van der Waals surface area contributed by atoms with Crippen LogP contribution in [0.5, 0.6) is 11.5 Å². The SMILES string of the molecule is COc1cc(C=NNC(=O)Nc2ccccc2C)c(Br)cc1OCc1ccc(C)cc1. The molecule has 0 spiro atoms. The lowest BCUT2D eigenvalue weighted by Crippen LogP contribution is -2.24. The molecule has 3 rings (SSSR count). The first-order valence-electron chi connectivity index (χ1n) is 9.68. The highest BCUT2D eigenvalue weighted by molar-refractivity contribution is 9.10. The van der Waals surface area contributed by atoms with E-state index >= 15 is 0 Å². The molecule has 3 aromatic carbocycles. The van der Waals surface area contributed by atoms with E-state index in [4.69, 9.17) is 9.47 Å². The smallest absolute Gasteiger partial charge is 0.339 e. The Morgan fingerprint density at radius 3 is 2.52 bits per heavy atom. The van der Waals surface area contributed by atoms with Crippen LogP contribution in [0.2, 0.25) is 0 Å². The molecule has 6 nitrogen and oxygen atoms in total. The maximum Gasteiger partial charge on any atom is 0.339 e. The molecule has 0 bridgehead atoms. The minimum atomic E-state index is -0.424. The molecule has 0 radical (unpaired) electrons. The van der Waals surface area contributed by atoms with Crippen molar-refractivity contribution in [3.63, 3.8) is 0 Å². The maximum atomic E-state index is 12.1. The number of methoxy groups -OCH3 is 1. The number of hydrazone groups is 1. The molecular weight excluding hydrogens is 458 g/mol. The number of hydrogen-bond donors (Lipinski definition) is 2. The van der Waals surface area contributed by atoms with Crippen LogP contribution in [0.15, 0.2) is 70.2 Å². The number of anilines is 1. The number of para-hydroxylation sites is 1. The summed E-state index contributed by atoms with van der Waals surface area (Å²) in [5.74, 6) is 1.18. The van der Waals surface area contributed by atoms with Gasteiger partial charge < -0.3 is 14.8 Å². The van der Waals surface area contributed by atoms with Gasteiger partial charge in [-0.2, -0.15) is 5.10 Å². The van der Waals surface area contributed by atoms with Crippen molar-refractivity contribution >= 4 is 33.9 Å². The first-order valence-corrected chi connectivity index (χ1v) is 10.5. The van der Waals surface area contributed by atoms with Crippen molar-refractivity contribution in [3.05, 3.63) is 87.4 Å². The summed E-state index contributed by atoms with van der Waals surface area (Å²) in [5, 5.41) is 6.78. The van der Waals surface area contributed by atoms with Crippen LogP contribution in [0.25, 0.3) is 0 Å². The van der Waals surface area contributed by atoms with Gasteiger partial charge in [0, 0.05) is 15.7 Å².